The Labute approximate surface area is 439 Å². The first-order chi connectivity index (χ1) is 35.0. The average Bonchev–Trinajstić information content (AvgIpc) is 3.37. The Bertz CT molecular complexity index is 1370. The molecule has 0 aromatic rings. The minimum Gasteiger partial charge on any atom is -0.462 e. The van der Waals surface area contributed by atoms with E-state index in [1.165, 1.54) is 148 Å². The maximum absolute atomic E-state index is 12.9. The molecule has 0 rings (SSSR count). The van der Waals surface area contributed by atoms with Crippen molar-refractivity contribution in [2.24, 2.45) is 0 Å². The summed E-state index contributed by atoms with van der Waals surface area (Å²) in [6.07, 6.45) is 77.1. The van der Waals surface area contributed by atoms with Crippen molar-refractivity contribution in [3.8, 4) is 0 Å². The summed E-state index contributed by atoms with van der Waals surface area (Å²) in [5, 5.41) is 0. The van der Waals surface area contributed by atoms with E-state index in [1.54, 1.807) is 0 Å². The summed E-state index contributed by atoms with van der Waals surface area (Å²) in [4.78, 5) is 38.2. The second-order valence-corrected chi connectivity index (χ2v) is 20.1. The Morgan fingerprint density at radius 1 is 0.282 bits per heavy atom. The van der Waals surface area contributed by atoms with Gasteiger partial charge in [0.25, 0.3) is 0 Å². The van der Waals surface area contributed by atoms with Crippen molar-refractivity contribution in [2.75, 3.05) is 13.2 Å². The van der Waals surface area contributed by atoms with Crippen molar-refractivity contribution < 1.29 is 28.6 Å². The van der Waals surface area contributed by atoms with Crippen molar-refractivity contribution in [3.63, 3.8) is 0 Å². The molecular formula is C65H112O6. The van der Waals surface area contributed by atoms with Crippen molar-refractivity contribution in [3.05, 3.63) is 85.1 Å². The van der Waals surface area contributed by atoms with Gasteiger partial charge in [0, 0.05) is 19.3 Å². The second kappa shape index (κ2) is 59.2. The lowest BCUT2D eigenvalue weighted by Crippen LogP contribution is -2.30. The molecule has 0 aliphatic heterocycles. The molecule has 1 atom stereocenters. The van der Waals surface area contributed by atoms with Gasteiger partial charge in [-0.25, -0.2) is 0 Å². The molecule has 0 amide bonds. The number of allylic oxidation sites excluding steroid dienone is 14. The van der Waals surface area contributed by atoms with Crippen molar-refractivity contribution >= 4 is 17.9 Å². The number of hydrogen-bond donors (Lipinski definition) is 0. The van der Waals surface area contributed by atoms with Gasteiger partial charge in [-0.1, -0.05) is 292 Å². The zero-order chi connectivity index (χ0) is 51.4. The summed E-state index contributed by atoms with van der Waals surface area (Å²) in [6.45, 7) is 6.54. The standard InChI is InChI=1S/C65H112O6/c1-4-7-10-13-16-19-22-25-28-31-34-37-40-43-46-49-52-55-58-64(67)70-61-62(60-69-63(66)57-54-51-48-45-42-39-36-33-30-27-24-21-18-15-12-9-6-3)71-65(68)59-56-53-50-47-44-41-38-35-32-29-26-23-20-17-14-11-8-5-2/h10,13,16,19,22,25,28-29,31-32,34-35,37-38,62H,4-9,11-12,14-15,17-18,20-21,23-24,26-27,30,33,36,39-61H2,1-3H3/b13-10-,19-16-,25-22-,31-28-,32-29-,37-34-,38-35-. The fourth-order valence-corrected chi connectivity index (χ4v) is 8.47. The first-order valence-corrected chi connectivity index (χ1v) is 30.2. The highest BCUT2D eigenvalue weighted by molar-refractivity contribution is 5.71. The van der Waals surface area contributed by atoms with Crippen LogP contribution < -0.4 is 0 Å². The van der Waals surface area contributed by atoms with Crippen molar-refractivity contribution in [1.82, 2.24) is 0 Å². The predicted octanol–water partition coefficient (Wildman–Crippen LogP) is 20.3. The van der Waals surface area contributed by atoms with E-state index in [0.29, 0.717) is 19.3 Å². The van der Waals surface area contributed by atoms with Gasteiger partial charge in [0.15, 0.2) is 6.10 Å². The number of ether oxygens (including phenoxy) is 3. The minimum absolute atomic E-state index is 0.0894. The van der Waals surface area contributed by atoms with Crippen LogP contribution in [0.3, 0.4) is 0 Å². The van der Waals surface area contributed by atoms with Gasteiger partial charge in [0.1, 0.15) is 13.2 Å². The SMILES string of the molecule is CCC\C=C/C=C\C=C/C=C\C=C/CCCCCCCC(=O)OCC(COC(=O)CCCCCCCCCCCCCCCCCCC)OC(=O)CCCCCCC/C=C\C=C/CCCCCCCCC. The zero-order valence-corrected chi connectivity index (χ0v) is 46.7. The average molecular weight is 990 g/mol. The molecule has 0 spiro atoms. The Balaban J connectivity index is 4.46. The number of carbonyl (C=O) groups excluding carboxylic acids is 3. The molecule has 71 heavy (non-hydrogen) atoms. The van der Waals surface area contributed by atoms with Crippen LogP contribution in [0.5, 0.6) is 0 Å². The summed E-state index contributed by atoms with van der Waals surface area (Å²) in [5.74, 6) is -0.920. The largest absolute Gasteiger partial charge is 0.462 e. The van der Waals surface area contributed by atoms with E-state index in [0.717, 1.165) is 103 Å². The second-order valence-electron chi connectivity index (χ2n) is 20.1. The lowest BCUT2D eigenvalue weighted by atomic mass is 10.0. The maximum Gasteiger partial charge on any atom is 0.306 e. The summed E-state index contributed by atoms with van der Waals surface area (Å²) < 4.78 is 16.9. The van der Waals surface area contributed by atoms with Gasteiger partial charge in [0.05, 0.1) is 0 Å². The van der Waals surface area contributed by atoms with Gasteiger partial charge < -0.3 is 14.2 Å². The van der Waals surface area contributed by atoms with E-state index in [1.807, 2.05) is 24.3 Å². The Morgan fingerprint density at radius 3 is 0.859 bits per heavy atom. The molecular weight excluding hydrogens is 877 g/mol. The van der Waals surface area contributed by atoms with E-state index in [2.05, 4.69) is 81.5 Å². The molecule has 408 valence electrons. The highest BCUT2D eigenvalue weighted by atomic mass is 16.6. The minimum atomic E-state index is -0.796. The van der Waals surface area contributed by atoms with E-state index >= 15 is 0 Å². The fraction of sp³-hybridized carbons (Fsp3) is 0.738. The lowest BCUT2D eigenvalue weighted by Gasteiger charge is -2.18. The molecule has 0 bridgehead atoms. The monoisotopic (exact) mass is 989 g/mol. The van der Waals surface area contributed by atoms with Crippen LogP contribution in [0.1, 0.15) is 290 Å². The Hall–Kier alpha value is -3.41. The van der Waals surface area contributed by atoms with Crippen LogP contribution in [0.15, 0.2) is 85.1 Å². The third kappa shape index (κ3) is 57.4. The van der Waals surface area contributed by atoms with E-state index in [9.17, 15) is 14.4 Å². The van der Waals surface area contributed by atoms with Crippen LogP contribution in [0, 0.1) is 0 Å². The van der Waals surface area contributed by atoms with Gasteiger partial charge >= 0.3 is 17.9 Å². The van der Waals surface area contributed by atoms with Crippen LogP contribution in [0.2, 0.25) is 0 Å². The number of esters is 3. The highest BCUT2D eigenvalue weighted by Gasteiger charge is 2.19. The van der Waals surface area contributed by atoms with Crippen LogP contribution in [-0.4, -0.2) is 37.2 Å². The number of hydrogen-bond acceptors (Lipinski definition) is 6. The molecule has 0 aliphatic carbocycles. The third-order valence-electron chi connectivity index (χ3n) is 13.0. The summed E-state index contributed by atoms with van der Waals surface area (Å²) in [5.41, 5.74) is 0. The molecule has 0 saturated carbocycles. The predicted molar refractivity (Wildman–Crippen MR) is 307 cm³/mol. The first-order valence-electron chi connectivity index (χ1n) is 30.2. The molecule has 6 heteroatoms. The molecule has 0 heterocycles. The quantitative estimate of drug-likeness (QED) is 0.0261. The Kier molecular flexibility index (Phi) is 56.3. The maximum atomic E-state index is 12.9. The summed E-state index contributed by atoms with van der Waals surface area (Å²) >= 11 is 0. The number of unbranched alkanes of at least 4 members (excludes halogenated alkanes) is 34. The molecule has 0 N–H and O–H groups in total. The molecule has 0 radical (unpaired) electrons. The van der Waals surface area contributed by atoms with Gasteiger partial charge in [-0.3, -0.25) is 14.4 Å². The Morgan fingerprint density at radius 2 is 0.535 bits per heavy atom. The van der Waals surface area contributed by atoms with E-state index in [4.69, 9.17) is 14.2 Å². The fourth-order valence-electron chi connectivity index (χ4n) is 8.47. The molecule has 0 aromatic heterocycles. The van der Waals surface area contributed by atoms with Gasteiger partial charge in [-0.15, -0.1) is 0 Å². The van der Waals surface area contributed by atoms with Crippen molar-refractivity contribution in [2.45, 2.75) is 297 Å². The number of carbonyl (C=O) groups is 3. The lowest BCUT2D eigenvalue weighted by molar-refractivity contribution is -0.167. The van der Waals surface area contributed by atoms with E-state index in [-0.39, 0.29) is 31.1 Å². The molecule has 0 aromatic carbocycles. The van der Waals surface area contributed by atoms with Gasteiger partial charge in [0.2, 0.25) is 0 Å². The third-order valence-corrected chi connectivity index (χ3v) is 13.0. The van der Waals surface area contributed by atoms with Gasteiger partial charge in [-0.2, -0.15) is 0 Å². The smallest absolute Gasteiger partial charge is 0.306 e. The summed E-state index contributed by atoms with van der Waals surface area (Å²) in [6, 6.07) is 0. The molecule has 0 fully saturated rings. The van der Waals surface area contributed by atoms with Crippen LogP contribution >= 0.6 is 0 Å². The molecule has 0 saturated heterocycles. The number of rotatable bonds is 54. The topological polar surface area (TPSA) is 78.9 Å². The molecule has 1 unspecified atom stereocenters. The molecule has 6 nitrogen and oxygen atoms in total. The molecule has 0 aliphatic rings. The highest BCUT2D eigenvalue weighted by Crippen LogP contribution is 2.16. The first kappa shape index (κ1) is 67.6. The van der Waals surface area contributed by atoms with Crippen LogP contribution in [0.25, 0.3) is 0 Å². The van der Waals surface area contributed by atoms with Gasteiger partial charge in [-0.05, 0) is 64.2 Å². The normalized spacial score (nSPS) is 12.7. The van der Waals surface area contributed by atoms with E-state index < -0.39 is 6.10 Å². The summed E-state index contributed by atoms with van der Waals surface area (Å²) in [7, 11) is 0. The van der Waals surface area contributed by atoms with Crippen LogP contribution in [0.4, 0.5) is 0 Å². The van der Waals surface area contributed by atoms with Crippen LogP contribution in [-0.2, 0) is 28.6 Å². The zero-order valence-electron chi connectivity index (χ0n) is 46.7. The van der Waals surface area contributed by atoms with Crippen molar-refractivity contribution in [1.29, 1.82) is 0 Å².